The van der Waals surface area contributed by atoms with Crippen LogP contribution < -0.4 is 15.2 Å². The van der Waals surface area contributed by atoms with E-state index in [9.17, 15) is 4.79 Å². The highest BCUT2D eigenvalue weighted by atomic mass is 16.5. The smallest absolute Gasteiger partial charge is 0.307 e. The van der Waals surface area contributed by atoms with Crippen molar-refractivity contribution >= 4 is 5.97 Å². The molecule has 0 aromatic heterocycles. The third-order valence-corrected chi connectivity index (χ3v) is 4.14. The zero-order valence-electron chi connectivity index (χ0n) is 13.7. The summed E-state index contributed by atoms with van der Waals surface area (Å²) in [5.74, 6) is 0.546. The summed E-state index contributed by atoms with van der Waals surface area (Å²) in [6.07, 6.45) is 3.30. The predicted octanol–water partition coefficient (Wildman–Crippen LogP) is 2.71. The number of hydrogen-bond acceptors (Lipinski definition) is 4. The van der Waals surface area contributed by atoms with E-state index in [0.717, 1.165) is 36.3 Å². The Bertz CT molecular complexity index is 476. The second kappa shape index (κ2) is 9.30. The molecule has 0 heterocycles. The molecule has 3 N–H and O–H groups in total. The van der Waals surface area contributed by atoms with Crippen LogP contribution in [0.3, 0.4) is 0 Å². The van der Waals surface area contributed by atoms with Crippen LogP contribution in [0.25, 0.3) is 0 Å². The number of carbonyl (C=O) groups is 1. The number of aliphatic carboxylic acids is 1. The van der Waals surface area contributed by atoms with Crippen LogP contribution in [0.1, 0.15) is 31.7 Å². The van der Waals surface area contributed by atoms with E-state index in [1.54, 1.807) is 14.2 Å². The van der Waals surface area contributed by atoms with Gasteiger partial charge in [0, 0.05) is 6.54 Å². The van der Waals surface area contributed by atoms with E-state index in [1.165, 1.54) is 0 Å². The third-order valence-electron chi connectivity index (χ3n) is 4.14. The number of methoxy groups -OCH3 is 2. The van der Waals surface area contributed by atoms with Gasteiger partial charge in [0.2, 0.25) is 0 Å². The fourth-order valence-electron chi connectivity index (χ4n) is 2.70. The summed E-state index contributed by atoms with van der Waals surface area (Å²) in [4.78, 5) is 11.1. The standard InChI is InChI=1S/C17H27NO4/c1-4-12(10-14(11-18)17(19)20)8-9-13-6-5-7-15(21-2)16(13)22-3/h5-7,12,14H,4,8-11,18H2,1-3H3,(H,19,20). The molecule has 0 fully saturated rings. The number of benzene rings is 1. The van der Waals surface area contributed by atoms with E-state index < -0.39 is 11.9 Å². The Morgan fingerprint density at radius 1 is 1.32 bits per heavy atom. The van der Waals surface area contributed by atoms with Crippen molar-refractivity contribution in [2.75, 3.05) is 20.8 Å². The van der Waals surface area contributed by atoms with Crippen LogP contribution in [0.2, 0.25) is 0 Å². The second-order valence-corrected chi connectivity index (χ2v) is 5.47. The number of carboxylic acid groups (broad SMARTS) is 1. The molecule has 1 aromatic carbocycles. The van der Waals surface area contributed by atoms with Crippen molar-refractivity contribution in [2.45, 2.75) is 32.6 Å². The molecule has 0 spiro atoms. The highest BCUT2D eigenvalue weighted by Gasteiger charge is 2.21. The Hall–Kier alpha value is -1.75. The summed E-state index contributed by atoms with van der Waals surface area (Å²) >= 11 is 0. The van der Waals surface area contributed by atoms with Gasteiger partial charge in [-0.2, -0.15) is 0 Å². The lowest BCUT2D eigenvalue weighted by Crippen LogP contribution is -2.26. The molecule has 0 amide bonds. The monoisotopic (exact) mass is 309 g/mol. The minimum Gasteiger partial charge on any atom is -0.493 e. The molecule has 0 radical (unpaired) electrons. The molecule has 2 unspecified atom stereocenters. The summed E-state index contributed by atoms with van der Waals surface area (Å²) in [5, 5.41) is 9.14. The van der Waals surface area contributed by atoms with Crippen LogP contribution >= 0.6 is 0 Å². The van der Waals surface area contributed by atoms with E-state index in [4.69, 9.17) is 20.3 Å². The Kier molecular flexibility index (Phi) is 7.74. The van der Waals surface area contributed by atoms with Gasteiger partial charge < -0.3 is 20.3 Å². The summed E-state index contributed by atoms with van der Waals surface area (Å²) < 4.78 is 10.7. The van der Waals surface area contributed by atoms with E-state index in [2.05, 4.69) is 6.92 Å². The van der Waals surface area contributed by atoms with Gasteiger partial charge in [0.05, 0.1) is 20.1 Å². The van der Waals surface area contributed by atoms with Crippen LogP contribution in [-0.4, -0.2) is 31.8 Å². The fraction of sp³-hybridized carbons (Fsp3) is 0.588. The maximum absolute atomic E-state index is 11.1. The molecule has 0 aliphatic carbocycles. The number of nitrogens with two attached hydrogens (primary N) is 1. The zero-order valence-corrected chi connectivity index (χ0v) is 13.7. The first-order valence-electron chi connectivity index (χ1n) is 7.70. The van der Waals surface area contributed by atoms with Crippen LogP contribution in [-0.2, 0) is 11.2 Å². The van der Waals surface area contributed by atoms with Crippen LogP contribution in [0.5, 0.6) is 11.5 Å². The van der Waals surface area contributed by atoms with E-state index in [1.807, 2.05) is 18.2 Å². The summed E-state index contributed by atoms with van der Waals surface area (Å²) in [6.45, 7) is 2.28. The number of hydrogen-bond donors (Lipinski definition) is 2. The number of rotatable bonds is 10. The normalized spacial score (nSPS) is 13.5. The Morgan fingerprint density at radius 3 is 2.55 bits per heavy atom. The Labute approximate surface area is 132 Å². The van der Waals surface area contributed by atoms with Gasteiger partial charge in [-0.05, 0) is 36.8 Å². The molecule has 0 saturated carbocycles. The van der Waals surface area contributed by atoms with E-state index in [0.29, 0.717) is 12.3 Å². The lowest BCUT2D eigenvalue weighted by atomic mass is 9.88. The number of aryl methyl sites for hydroxylation is 1. The molecular formula is C17H27NO4. The highest BCUT2D eigenvalue weighted by molar-refractivity contribution is 5.70. The average molecular weight is 309 g/mol. The van der Waals surface area contributed by atoms with Gasteiger partial charge in [-0.15, -0.1) is 0 Å². The van der Waals surface area contributed by atoms with E-state index >= 15 is 0 Å². The number of para-hydroxylation sites is 1. The first kappa shape index (κ1) is 18.3. The molecule has 0 saturated heterocycles. The zero-order chi connectivity index (χ0) is 16.5. The molecule has 124 valence electrons. The van der Waals surface area contributed by atoms with Crippen LogP contribution in [0.4, 0.5) is 0 Å². The predicted molar refractivity (Wildman–Crippen MR) is 86.4 cm³/mol. The van der Waals surface area contributed by atoms with E-state index in [-0.39, 0.29) is 6.54 Å². The molecule has 0 aliphatic heterocycles. The van der Waals surface area contributed by atoms with Crippen molar-refractivity contribution in [1.29, 1.82) is 0 Å². The molecule has 5 nitrogen and oxygen atoms in total. The average Bonchev–Trinajstić information content (AvgIpc) is 2.54. The van der Waals surface area contributed by atoms with Gasteiger partial charge in [-0.1, -0.05) is 25.5 Å². The molecule has 0 bridgehead atoms. The minimum atomic E-state index is -0.806. The first-order chi connectivity index (χ1) is 10.6. The van der Waals surface area contributed by atoms with Crippen molar-refractivity contribution < 1.29 is 19.4 Å². The summed E-state index contributed by atoms with van der Waals surface area (Å²) in [7, 11) is 3.25. The SMILES string of the molecule is CCC(CCc1cccc(OC)c1OC)CC(CN)C(=O)O. The largest absolute Gasteiger partial charge is 0.493 e. The molecule has 1 aromatic rings. The van der Waals surface area contributed by atoms with Crippen molar-refractivity contribution in [3.8, 4) is 11.5 Å². The molecular weight excluding hydrogens is 282 g/mol. The lowest BCUT2D eigenvalue weighted by molar-refractivity contribution is -0.142. The lowest BCUT2D eigenvalue weighted by Gasteiger charge is -2.20. The van der Waals surface area contributed by atoms with Crippen LogP contribution in [0, 0.1) is 11.8 Å². The van der Waals surface area contributed by atoms with Crippen molar-refractivity contribution in [2.24, 2.45) is 17.6 Å². The third kappa shape index (κ3) is 4.91. The molecule has 1 rings (SSSR count). The van der Waals surface area contributed by atoms with Gasteiger partial charge in [-0.25, -0.2) is 0 Å². The second-order valence-electron chi connectivity index (χ2n) is 5.47. The first-order valence-corrected chi connectivity index (χ1v) is 7.70. The van der Waals surface area contributed by atoms with Crippen molar-refractivity contribution in [3.63, 3.8) is 0 Å². The molecule has 5 heteroatoms. The Balaban J connectivity index is 2.72. The number of carboxylic acids is 1. The van der Waals surface area contributed by atoms with Gasteiger partial charge in [-0.3, -0.25) is 4.79 Å². The van der Waals surface area contributed by atoms with Gasteiger partial charge in [0.15, 0.2) is 11.5 Å². The van der Waals surface area contributed by atoms with Crippen molar-refractivity contribution in [1.82, 2.24) is 0 Å². The fourth-order valence-corrected chi connectivity index (χ4v) is 2.70. The molecule has 22 heavy (non-hydrogen) atoms. The van der Waals surface area contributed by atoms with Gasteiger partial charge in [0.1, 0.15) is 0 Å². The maximum atomic E-state index is 11.1. The number of ether oxygens (including phenoxy) is 2. The maximum Gasteiger partial charge on any atom is 0.307 e. The topological polar surface area (TPSA) is 81.8 Å². The van der Waals surface area contributed by atoms with Gasteiger partial charge >= 0.3 is 5.97 Å². The quantitative estimate of drug-likeness (QED) is 0.694. The van der Waals surface area contributed by atoms with Gasteiger partial charge in [0.25, 0.3) is 0 Å². The molecule has 0 aliphatic rings. The highest BCUT2D eigenvalue weighted by Crippen LogP contribution is 2.32. The summed E-state index contributed by atoms with van der Waals surface area (Å²) in [6, 6.07) is 5.83. The van der Waals surface area contributed by atoms with Crippen LogP contribution in [0.15, 0.2) is 18.2 Å². The molecule has 2 atom stereocenters. The van der Waals surface area contributed by atoms with Crippen molar-refractivity contribution in [3.05, 3.63) is 23.8 Å². The Morgan fingerprint density at radius 2 is 2.05 bits per heavy atom. The minimum absolute atomic E-state index is 0.189. The summed E-state index contributed by atoms with van der Waals surface area (Å²) in [5.41, 5.74) is 6.63.